The number of halogens is 1. The van der Waals surface area contributed by atoms with Crippen molar-refractivity contribution in [2.24, 2.45) is 0 Å². The van der Waals surface area contributed by atoms with Gasteiger partial charge in [0.25, 0.3) is 5.91 Å². The van der Waals surface area contributed by atoms with Crippen LogP contribution in [0.25, 0.3) is 11.0 Å². The third kappa shape index (κ3) is 3.67. The minimum Gasteiger partial charge on any atom is -0.364 e. The van der Waals surface area contributed by atoms with Gasteiger partial charge in [0.15, 0.2) is 11.6 Å². The van der Waals surface area contributed by atoms with E-state index in [0.29, 0.717) is 37.8 Å². The Morgan fingerprint density at radius 1 is 1.03 bits per heavy atom. The van der Waals surface area contributed by atoms with Gasteiger partial charge in [-0.3, -0.25) is 4.79 Å². The Balaban J connectivity index is 1.36. The fraction of sp³-hybridized carbons (Fsp3) is 0.348. The van der Waals surface area contributed by atoms with Crippen LogP contribution in [0, 0.1) is 12.7 Å². The molecule has 2 fully saturated rings. The lowest BCUT2D eigenvalue weighted by Gasteiger charge is -2.36. The molecule has 0 unspecified atom stereocenters. The second kappa shape index (κ2) is 7.55. The third-order valence-electron chi connectivity index (χ3n) is 5.77. The van der Waals surface area contributed by atoms with Gasteiger partial charge in [0.1, 0.15) is 5.82 Å². The van der Waals surface area contributed by atoms with Gasteiger partial charge in [0.2, 0.25) is 0 Å². The van der Waals surface area contributed by atoms with Crippen molar-refractivity contribution in [2.45, 2.75) is 25.8 Å². The van der Waals surface area contributed by atoms with Gasteiger partial charge in [-0.1, -0.05) is 18.2 Å². The zero-order valence-electron chi connectivity index (χ0n) is 16.9. The van der Waals surface area contributed by atoms with E-state index >= 15 is 0 Å². The number of piperazine rings is 1. The number of nitrogens with zero attached hydrogens (tertiary/aromatic N) is 4. The number of benzene rings is 2. The third-order valence-corrected chi connectivity index (χ3v) is 5.77. The number of rotatable bonds is 4. The summed E-state index contributed by atoms with van der Waals surface area (Å²) in [5.41, 5.74) is 2.97. The SMILES string of the molecule is Cc1ccc(F)cc1C(=O)N1CCN(c2nc3ccccc3nc2NC2CC2)CC1. The van der Waals surface area contributed by atoms with Crippen molar-refractivity contribution < 1.29 is 9.18 Å². The van der Waals surface area contributed by atoms with Crippen LogP contribution in [0.2, 0.25) is 0 Å². The molecule has 1 aliphatic carbocycles. The molecule has 1 aliphatic heterocycles. The lowest BCUT2D eigenvalue weighted by atomic mass is 10.1. The van der Waals surface area contributed by atoms with Gasteiger partial charge in [0.05, 0.1) is 11.0 Å². The number of carbonyl (C=O) groups excluding carboxylic acids is 1. The Bertz CT molecular complexity index is 1110. The molecule has 1 saturated heterocycles. The summed E-state index contributed by atoms with van der Waals surface area (Å²) in [6, 6.07) is 12.7. The summed E-state index contributed by atoms with van der Waals surface area (Å²) >= 11 is 0. The summed E-state index contributed by atoms with van der Waals surface area (Å²) in [6.07, 6.45) is 2.31. The molecule has 0 atom stereocenters. The first kappa shape index (κ1) is 18.8. The maximum atomic E-state index is 13.6. The number of aryl methyl sites for hydroxylation is 1. The smallest absolute Gasteiger partial charge is 0.254 e. The van der Waals surface area contributed by atoms with E-state index in [2.05, 4.69) is 10.2 Å². The Morgan fingerprint density at radius 3 is 2.43 bits per heavy atom. The fourth-order valence-electron chi connectivity index (χ4n) is 3.85. The van der Waals surface area contributed by atoms with E-state index in [-0.39, 0.29) is 11.7 Å². The van der Waals surface area contributed by atoms with E-state index in [1.165, 1.54) is 12.1 Å². The summed E-state index contributed by atoms with van der Waals surface area (Å²) in [7, 11) is 0. The Morgan fingerprint density at radius 2 is 1.73 bits per heavy atom. The second-order valence-corrected chi connectivity index (χ2v) is 8.04. The Hall–Kier alpha value is -3.22. The highest BCUT2D eigenvalue weighted by Gasteiger charge is 2.28. The topological polar surface area (TPSA) is 61.4 Å². The van der Waals surface area contributed by atoms with Crippen LogP contribution >= 0.6 is 0 Å². The monoisotopic (exact) mass is 405 g/mol. The molecule has 3 aromatic rings. The van der Waals surface area contributed by atoms with Gasteiger partial charge in [-0.25, -0.2) is 14.4 Å². The lowest BCUT2D eigenvalue weighted by Crippen LogP contribution is -2.49. The van der Waals surface area contributed by atoms with Crippen LogP contribution in [0.5, 0.6) is 0 Å². The van der Waals surface area contributed by atoms with E-state index in [4.69, 9.17) is 9.97 Å². The van der Waals surface area contributed by atoms with Crippen molar-refractivity contribution in [1.82, 2.24) is 14.9 Å². The van der Waals surface area contributed by atoms with E-state index in [1.54, 1.807) is 11.0 Å². The molecule has 5 rings (SSSR count). The summed E-state index contributed by atoms with van der Waals surface area (Å²) in [4.78, 5) is 26.6. The first-order valence-electron chi connectivity index (χ1n) is 10.4. The van der Waals surface area contributed by atoms with Crippen LogP contribution < -0.4 is 10.2 Å². The molecule has 154 valence electrons. The molecule has 1 aromatic heterocycles. The van der Waals surface area contributed by atoms with E-state index in [9.17, 15) is 9.18 Å². The summed E-state index contributed by atoms with van der Waals surface area (Å²) in [6.45, 7) is 4.28. The van der Waals surface area contributed by atoms with Crippen LogP contribution in [0.3, 0.4) is 0 Å². The maximum Gasteiger partial charge on any atom is 0.254 e. The summed E-state index contributed by atoms with van der Waals surface area (Å²) in [5.74, 6) is 1.16. The minimum absolute atomic E-state index is 0.118. The van der Waals surface area contributed by atoms with Crippen molar-refractivity contribution in [1.29, 1.82) is 0 Å². The summed E-state index contributed by atoms with van der Waals surface area (Å²) in [5, 5.41) is 3.51. The molecule has 1 N–H and O–H groups in total. The van der Waals surface area contributed by atoms with Gasteiger partial charge in [0, 0.05) is 37.8 Å². The second-order valence-electron chi connectivity index (χ2n) is 8.04. The quantitative estimate of drug-likeness (QED) is 0.719. The predicted molar refractivity (Wildman–Crippen MR) is 115 cm³/mol. The Labute approximate surface area is 174 Å². The van der Waals surface area contributed by atoms with Crippen LogP contribution in [0.4, 0.5) is 16.0 Å². The molecule has 30 heavy (non-hydrogen) atoms. The fourth-order valence-corrected chi connectivity index (χ4v) is 3.85. The standard InChI is InChI=1S/C23H24FN5O/c1-15-6-7-16(24)14-18(15)23(30)29-12-10-28(11-13-29)22-21(25-17-8-9-17)26-19-4-2-3-5-20(19)27-22/h2-7,14,17H,8-13H2,1H3,(H,25,26). The summed E-state index contributed by atoms with van der Waals surface area (Å²) < 4.78 is 13.6. The molecule has 2 aliphatic rings. The van der Waals surface area contributed by atoms with E-state index < -0.39 is 0 Å². The predicted octanol–water partition coefficient (Wildman–Crippen LogP) is 3.61. The number of anilines is 2. The number of carbonyl (C=O) groups is 1. The number of fused-ring (bicyclic) bond motifs is 1. The van der Waals surface area contributed by atoms with Crippen molar-refractivity contribution in [3.8, 4) is 0 Å². The first-order valence-corrected chi connectivity index (χ1v) is 10.4. The molecular weight excluding hydrogens is 381 g/mol. The molecule has 2 aromatic carbocycles. The molecule has 1 amide bonds. The van der Waals surface area contributed by atoms with E-state index in [0.717, 1.165) is 41.1 Å². The first-order chi connectivity index (χ1) is 14.6. The van der Waals surface area contributed by atoms with E-state index in [1.807, 2.05) is 31.2 Å². The van der Waals surface area contributed by atoms with Gasteiger partial charge >= 0.3 is 0 Å². The van der Waals surface area contributed by atoms with Crippen LogP contribution in [-0.4, -0.2) is 53.0 Å². The number of para-hydroxylation sites is 2. The molecule has 1 saturated carbocycles. The van der Waals surface area contributed by atoms with Gasteiger partial charge < -0.3 is 15.1 Å². The Kier molecular flexibility index (Phi) is 4.73. The van der Waals surface area contributed by atoms with Gasteiger partial charge in [-0.15, -0.1) is 0 Å². The van der Waals surface area contributed by atoms with Gasteiger partial charge in [-0.2, -0.15) is 0 Å². The largest absolute Gasteiger partial charge is 0.364 e. The zero-order chi connectivity index (χ0) is 20.7. The minimum atomic E-state index is -0.384. The van der Waals surface area contributed by atoms with Crippen molar-refractivity contribution in [3.05, 3.63) is 59.4 Å². The average molecular weight is 405 g/mol. The number of hydrogen-bond donors (Lipinski definition) is 1. The number of amides is 1. The average Bonchev–Trinajstić information content (AvgIpc) is 3.59. The highest BCUT2D eigenvalue weighted by atomic mass is 19.1. The van der Waals surface area contributed by atoms with Crippen molar-refractivity contribution in [3.63, 3.8) is 0 Å². The molecule has 2 heterocycles. The van der Waals surface area contributed by atoms with Crippen LogP contribution in [0.1, 0.15) is 28.8 Å². The normalized spacial score (nSPS) is 16.7. The lowest BCUT2D eigenvalue weighted by molar-refractivity contribution is 0.0745. The zero-order valence-corrected chi connectivity index (χ0v) is 16.9. The number of nitrogens with one attached hydrogen (secondary N) is 1. The van der Waals surface area contributed by atoms with Crippen molar-refractivity contribution >= 4 is 28.6 Å². The molecule has 7 heteroatoms. The molecule has 0 spiro atoms. The van der Waals surface area contributed by atoms with Crippen LogP contribution in [0.15, 0.2) is 42.5 Å². The molecular formula is C23H24FN5O. The van der Waals surface area contributed by atoms with Crippen LogP contribution in [-0.2, 0) is 0 Å². The molecule has 0 bridgehead atoms. The highest BCUT2D eigenvalue weighted by Crippen LogP contribution is 2.31. The number of hydrogen-bond acceptors (Lipinski definition) is 5. The maximum absolute atomic E-state index is 13.6. The molecule has 6 nitrogen and oxygen atoms in total. The molecule has 0 radical (unpaired) electrons. The highest BCUT2D eigenvalue weighted by molar-refractivity contribution is 5.95. The van der Waals surface area contributed by atoms with Gasteiger partial charge in [-0.05, 0) is 49.6 Å². The van der Waals surface area contributed by atoms with Crippen molar-refractivity contribution in [2.75, 3.05) is 36.4 Å². The number of aromatic nitrogens is 2.